The van der Waals surface area contributed by atoms with Crippen LogP contribution < -0.4 is 10.6 Å². The van der Waals surface area contributed by atoms with Crippen molar-refractivity contribution in [3.63, 3.8) is 0 Å². The molecule has 0 fully saturated rings. The molecule has 2 aromatic rings. The molecule has 0 unspecified atom stereocenters. The lowest BCUT2D eigenvalue weighted by Crippen LogP contribution is -2.22. The van der Waals surface area contributed by atoms with Gasteiger partial charge in [-0.15, -0.1) is 5.10 Å². The van der Waals surface area contributed by atoms with E-state index in [-0.39, 0.29) is 12.5 Å². The van der Waals surface area contributed by atoms with Gasteiger partial charge in [0.1, 0.15) is 6.54 Å². The average Bonchev–Trinajstić information content (AvgIpc) is 2.98. The summed E-state index contributed by atoms with van der Waals surface area (Å²) in [6, 6.07) is 0.380. The maximum atomic E-state index is 12.0. The lowest BCUT2D eigenvalue weighted by Gasteiger charge is -2.05. The molecule has 0 atom stereocenters. The highest BCUT2D eigenvalue weighted by Crippen LogP contribution is 2.15. The Morgan fingerprint density at radius 2 is 2.19 bits per heavy atom. The fourth-order valence-electron chi connectivity index (χ4n) is 1.87. The Labute approximate surface area is 123 Å². The minimum absolute atomic E-state index is 0.124. The molecular formula is C13H21N7O. The molecule has 8 nitrogen and oxygen atoms in total. The van der Waals surface area contributed by atoms with Crippen LogP contribution in [0, 0.1) is 13.8 Å². The van der Waals surface area contributed by atoms with E-state index in [1.54, 1.807) is 6.20 Å². The number of carbonyl (C=O) groups excluding carboxylic acids is 1. The smallest absolute Gasteiger partial charge is 0.246 e. The van der Waals surface area contributed by atoms with Crippen LogP contribution in [0.1, 0.15) is 30.9 Å². The third-order valence-electron chi connectivity index (χ3n) is 2.98. The van der Waals surface area contributed by atoms with Crippen molar-refractivity contribution in [2.45, 2.75) is 46.8 Å². The van der Waals surface area contributed by atoms with Crippen LogP contribution in [-0.4, -0.2) is 37.1 Å². The largest absolute Gasteiger partial charge is 0.321 e. The molecule has 0 aromatic carbocycles. The monoisotopic (exact) mass is 291 g/mol. The second-order valence-electron chi connectivity index (χ2n) is 5.30. The Hall–Kier alpha value is -2.22. The molecule has 0 radical (unpaired) electrons. The van der Waals surface area contributed by atoms with Gasteiger partial charge in [-0.05, 0) is 13.8 Å². The van der Waals surface area contributed by atoms with Gasteiger partial charge in [0.15, 0.2) is 0 Å². The molecular weight excluding hydrogens is 270 g/mol. The molecule has 0 aliphatic carbocycles. The van der Waals surface area contributed by atoms with Crippen LogP contribution in [0.2, 0.25) is 0 Å². The summed E-state index contributed by atoms with van der Waals surface area (Å²) in [5, 5.41) is 20.9. The lowest BCUT2D eigenvalue weighted by molar-refractivity contribution is -0.116. The van der Waals surface area contributed by atoms with Crippen LogP contribution in [0.15, 0.2) is 6.20 Å². The fourth-order valence-corrected chi connectivity index (χ4v) is 1.87. The number of hydrogen-bond acceptors (Lipinski definition) is 5. The molecule has 114 valence electrons. The Balaban J connectivity index is 1.91. The average molecular weight is 291 g/mol. The zero-order chi connectivity index (χ0) is 15.4. The summed E-state index contributed by atoms with van der Waals surface area (Å²) in [6.45, 7) is 8.59. The van der Waals surface area contributed by atoms with E-state index in [9.17, 15) is 4.79 Å². The van der Waals surface area contributed by atoms with Gasteiger partial charge in [0.25, 0.3) is 0 Å². The van der Waals surface area contributed by atoms with Gasteiger partial charge >= 0.3 is 0 Å². The Morgan fingerprint density at radius 3 is 2.81 bits per heavy atom. The second-order valence-corrected chi connectivity index (χ2v) is 5.30. The normalized spacial score (nSPS) is 11.1. The summed E-state index contributed by atoms with van der Waals surface area (Å²) in [6.07, 6.45) is 1.77. The van der Waals surface area contributed by atoms with Crippen LogP contribution in [-0.2, 0) is 17.9 Å². The minimum Gasteiger partial charge on any atom is -0.321 e. The molecule has 2 aromatic heterocycles. The summed E-state index contributed by atoms with van der Waals surface area (Å²) in [5.41, 5.74) is 3.14. The van der Waals surface area contributed by atoms with E-state index in [0.29, 0.717) is 12.6 Å². The molecule has 0 saturated carbocycles. The summed E-state index contributed by atoms with van der Waals surface area (Å²) in [7, 11) is 0. The van der Waals surface area contributed by atoms with E-state index < -0.39 is 0 Å². The number of aromatic nitrogens is 5. The van der Waals surface area contributed by atoms with E-state index >= 15 is 0 Å². The Morgan fingerprint density at radius 1 is 1.43 bits per heavy atom. The van der Waals surface area contributed by atoms with Crippen molar-refractivity contribution in [1.82, 2.24) is 30.5 Å². The first-order valence-corrected chi connectivity index (χ1v) is 6.89. The first-order chi connectivity index (χ1) is 9.95. The maximum Gasteiger partial charge on any atom is 0.246 e. The number of nitrogens with zero attached hydrogens (tertiary/aromatic N) is 4. The summed E-state index contributed by atoms with van der Waals surface area (Å²) in [4.78, 5) is 12.0. The maximum absolute atomic E-state index is 12.0. The van der Waals surface area contributed by atoms with E-state index in [1.807, 2.05) is 13.8 Å². The van der Waals surface area contributed by atoms with Crippen LogP contribution in [0.25, 0.3) is 0 Å². The van der Waals surface area contributed by atoms with Crippen molar-refractivity contribution >= 4 is 11.6 Å². The summed E-state index contributed by atoms with van der Waals surface area (Å²) < 4.78 is 1.53. The van der Waals surface area contributed by atoms with E-state index in [0.717, 1.165) is 22.8 Å². The van der Waals surface area contributed by atoms with Crippen LogP contribution in [0.5, 0.6) is 0 Å². The number of anilines is 1. The predicted molar refractivity (Wildman–Crippen MR) is 78.7 cm³/mol. The van der Waals surface area contributed by atoms with Crippen molar-refractivity contribution in [3.8, 4) is 0 Å². The molecule has 8 heteroatoms. The van der Waals surface area contributed by atoms with Crippen LogP contribution >= 0.6 is 0 Å². The van der Waals surface area contributed by atoms with Crippen molar-refractivity contribution in [2.24, 2.45) is 0 Å². The molecule has 0 bridgehead atoms. The Bertz CT molecular complexity index is 594. The standard InChI is InChI=1S/C13H21N7O/c1-8(2)14-5-11-6-20(19-18-11)7-12(21)15-13-9(3)16-17-10(13)4/h6,8,14H,5,7H2,1-4H3,(H,15,21)(H,16,17). The van der Waals surface area contributed by atoms with Crippen molar-refractivity contribution in [3.05, 3.63) is 23.3 Å². The van der Waals surface area contributed by atoms with Gasteiger partial charge in [-0.25, -0.2) is 4.68 Å². The van der Waals surface area contributed by atoms with Crippen molar-refractivity contribution in [2.75, 3.05) is 5.32 Å². The molecule has 0 saturated heterocycles. The number of aromatic amines is 1. The summed E-state index contributed by atoms with van der Waals surface area (Å²) in [5.74, 6) is -0.157. The summed E-state index contributed by atoms with van der Waals surface area (Å²) >= 11 is 0. The fraction of sp³-hybridized carbons (Fsp3) is 0.538. The molecule has 2 heterocycles. The number of hydrogen-bond donors (Lipinski definition) is 3. The minimum atomic E-state index is -0.157. The van der Waals surface area contributed by atoms with E-state index in [4.69, 9.17) is 0 Å². The number of nitrogens with one attached hydrogen (secondary N) is 3. The number of amides is 1. The quantitative estimate of drug-likeness (QED) is 0.729. The highest BCUT2D eigenvalue weighted by atomic mass is 16.2. The molecule has 0 spiro atoms. The predicted octanol–water partition coefficient (Wildman–Crippen LogP) is 0.755. The number of aryl methyl sites for hydroxylation is 2. The number of rotatable bonds is 6. The van der Waals surface area contributed by atoms with Gasteiger partial charge in [-0.1, -0.05) is 19.1 Å². The molecule has 1 amide bonds. The van der Waals surface area contributed by atoms with Gasteiger partial charge < -0.3 is 10.6 Å². The molecule has 0 aliphatic rings. The van der Waals surface area contributed by atoms with Crippen molar-refractivity contribution in [1.29, 1.82) is 0 Å². The molecule has 0 aliphatic heterocycles. The van der Waals surface area contributed by atoms with Gasteiger partial charge in [0.05, 0.1) is 29.0 Å². The molecule has 21 heavy (non-hydrogen) atoms. The second kappa shape index (κ2) is 6.49. The van der Waals surface area contributed by atoms with E-state index in [1.165, 1.54) is 4.68 Å². The first-order valence-electron chi connectivity index (χ1n) is 6.89. The molecule has 3 N–H and O–H groups in total. The highest BCUT2D eigenvalue weighted by molar-refractivity contribution is 5.91. The third-order valence-corrected chi connectivity index (χ3v) is 2.98. The SMILES string of the molecule is Cc1n[nH]c(C)c1NC(=O)Cn1cc(CNC(C)C)nn1. The third kappa shape index (κ3) is 4.12. The van der Waals surface area contributed by atoms with Crippen LogP contribution in [0.3, 0.4) is 0 Å². The zero-order valence-electron chi connectivity index (χ0n) is 12.8. The molecule has 2 rings (SSSR count). The zero-order valence-corrected chi connectivity index (χ0v) is 12.8. The van der Waals surface area contributed by atoms with Crippen molar-refractivity contribution < 1.29 is 4.79 Å². The lowest BCUT2D eigenvalue weighted by atomic mass is 10.3. The number of carbonyl (C=O) groups is 1. The Kier molecular flexibility index (Phi) is 4.69. The topological polar surface area (TPSA) is 101 Å². The highest BCUT2D eigenvalue weighted by Gasteiger charge is 2.11. The first kappa shape index (κ1) is 15.2. The van der Waals surface area contributed by atoms with Gasteiger partial charge in [-0.2, -0.15) is 5.10 Å². The number of H-pyrrole nitrogens is 1. The van der Waals surface area contributed by atoms with Gasteiger partial charge in [0, 0.05) is 12.6 Å². The van der Waals surface area contributed by atoms with Gasteiger partial charge in [-0.3, -0.25) is 9.89 Å². The van der Waals surface area contributed by atoms with Gasteiger partial charge in [0.2, 0.25) is 5.91 Å². The van der Waals surface area contributed by atoms with E-state index in [2.05, 4.69) is 45.0 Å². The van der Waals surface area contributed by atoms with Crippen LogP contribution in [0.4, 0.5) is 5.69 Å².